The largest absolute Gasteiger partial charge is 0.452 e. The zero-order valence-electron chi connectivity index (χ0n) is 13.3. The molecule has 25 heavy (non-hydrogen) atoms. The summed E-state index contributed by atoms with van der Waals surface area (Å²) in [7, 11) is -3.10. The Bertz CT molecular complexity index is 807. The number of hydrogen-bond donors (Lipinski definition) is 0. The van der Waals surface area contributed by atoms with Gasteiger partial charge in [-0.05, 0) is 31.4 Å². The third kappa shape index (κ3) is 4.27. The van der Waals surface area contributed by atoms with Gasteiger partial charge in [-0.15, -0.1) is 0 Å². The zero-order chi connectivity index (χ0) is 18.2. The second-order valence-electron chi connectivity index (χ2n) is 6.27. The van der Waals surface area contributed by atoms with E-state index in [9.17, 15) is 18.0 Å². The van der Waals surface area contributed by atoms with Gasteiger partial charge in [0.05, 0.1) is 27.1 Å². The van der Waals surface area contributed by atoms with Gasteiger partial charge in [0.2, 0.25) is 0 Å². The van der Waals surface area contributed by atoms with E-state index >= 15 is 0 Å². The highest BCUT2D eigenvalue weighted by Gasteiger charge is 2.42. The van der Waals surface area contributed by atoms with Crippen molar-refractivity contribution in [2.75, 3.05) is 18.1 Å². The molecule has 1 aliphatic carbocycles. The Kier molecular flexibility index (Phi) is 5.27. The number of hydrogen-bond acceptors (Lipinski definition) is 5. The number of ether oxygens (including phenoxy) is 1. The maximum absolute atomic E-state index is 12.5. The number of rotatable bonds is 5. The number of sulfone groups is 1. The highest BCUT2D eigenvalue weighted by atomic mass is 35.5. The van der Waals surface area contributed by atoms with Crippen LogP contribution >= 0.6 is 23.2 Å². The molecule has 1 amide bonds. The summed E-state index contributed by atoms with van der Waals surface area (Å²) in [6.07, 6.45) is 2.12. The molecule has 1 heterocycles. The van der Waals surface area contributed by atoms with Crippen LogP contribution in [0.2, 0.25) is 10.0 Å². The van der Waals surface area contributed by atoms with Crippen LogP contribution in [-0.2, 0) is 19.4 Å². The highest BCUT2D eigenvalue weighted by molar-refractivity contribution is 7.91. The lowest BCUT2D eigenvalue weighted by atomic mass is 10.2. The van der Waals surface area contributed by atoms with Crippen molar-refractivity contribution in [3.63, 3.8) is 0 Å². The number of amides is 1. The molecule has 0 unspecified atom stereocenters. The van der Waals surface area contributed by atoms with Gasteiger partial charge >= 0.3 is 5.97 Å². The summed E-state index contributed by atoms with van der Waals surface area (Å²) in [6, 6.07) is 4.27. The van der Waals surface area contributed by atoms with Crippen LogP contribution in [-0.4, -0.2) is 55.4 Å². The Morgan fingerprint density at radius 1 is 1.16 bits per heavy atom. The van der Waals surface area contributed by atoms with E-state index in [2.05, 4.69) is 0 Å². The van der Waals surface area contributed by atoms with E-state index in [1.165, 1.54) is 6.07 Å². The van der Waals surface area contributed by atoms with Crippen LogP contribution in [0.5, 0.6) is 0 Å². The topological polar surface area (TPSA) is 80.8 Å². The SMILES string of the molecule is O=C(OCC(=O)N(C1CC1)[C@H]1CCS(=O)(=O)C1)c1cccc(Cl)c1Cl. The Hall–Kier alpha value is -1.31. The standard InChI is InChI=1S/C16H17Cl2NO5S/c17-13-3-1-2-12(15(13)18)16(21)24-8-14(20)19(10-4-5-10)11-6-7-25(22,23)9-11/h1-3,10-11H,4-9H2/t11-/m0/s1. The second-order valence-corrected chi connectivity index (χ2v) is 9.28. The molecule has 3 rings (SSSR count). The summed E-state index contributed by atoms with van der Waals surface area (Å²) in [4.78, 5) is 26.2. The molecular formula is C16H17Cl2NO5S. The molecule has 0 spiro atoms. The Balaban J connectivity index is 1.64. The minimum atomic E-state index is -3.10. The van der Waals surface area contributed by atoms with Gasteiger partial charge in [0, 0.05) is 12.1 Å². The van der Waals surface area contributed by atoms with Gasteiger partial charge in [0.15, 0.2) is 16.4 Å². The number of nitrogens with zero attached hydrogens (tertiary/aromatic N) is 1. The minimum Gasteiger partial charge on any atom is -0.452 e. The molecule has 0 radical (unpaired) electrons. The minimum absolute atomic E-state index is 0.0245. The molecule has 0 N–H and O–H groups in total. The smallest absolute Gasteiger partial charge is 0.340 e. The molecule has 1 saturated carbocycles. The van der Waals surface area contributed by atoms with E-state index in [4.69, 9.17) is 27.9 Å². The van der Waals surface area contributed by atoms with Gasteiger partial charge < -0.3 is 9.64 Å². The molecule has 1 saturated heterocycles. The van der Waals surface area contributed by atoms with E-state index in [0.717, 1.165) is 12.8 Å². The third-order valence-electron chi connectivity index (χ3n) is 4.33. The van der Waals surface area contributed by atoms with Crippen molar-refractivity contribution in [2.45, 2.75) is 31.3 Å². The van der Waals surface area contributed by atoms with Gasteiger partial charge in [-0.1, -0.05) is 29.3 Å². The van der Waals surface area contributed by atoms with Gasteiger partial charge in [-0.25, -0.2) is 13.2 Å². The van der Waals surface area contributed by atoms with Crippen LogP contribution < -0.4 is 0 Å². The summed E-state index contributed by atoms with van der Waals surface area (Å²) in [6.45, 7) is -0.450. The fourth-order valence-electron chi connectivity index (χ4n) is 2.99. The first-order chi connectivity index (χ1) is 11.8. The second kappa shape index (κ2) is 7.13. The summed E-state index contributed by atoms with van der Waals surface area (Å²) in [5.41, 5.74) is 0.0865. The van der Waals surface area contributed by atoms with Crippen molar-refractivity contribution >= 4 is 44.9 Å². The van der Waals surface area contributed by atoms with Crippen LogP contribution in [0.4, 0.5) is 0 Å². The molecule has 2 fully saturated rings. The average molecular weight is 406 g/mol. The van der Waals surface area contributed by atoms with E-state index in [0.29, 0.717) is 6.42 Å². The molecule has 0 bridgehead atoms. The molecule has 136 valence electrons. The maximum atomic E-state index is 12.5. The maximum Gasteiger partial charge on any atom is 0.340 e. The molecular weight excluding hydrogens is 389 g/mol. The van der Waals surface area contributed by atoms with Gasteiger partial charge in [0.25, 0.3) is 5.91 Å². The number of carbonyl (C=O) groups excluding carboxylic acids is 2. The first kappa shape index (κ1) is 18.5. The van der Waals surface area contributed by atoms with Crippen molar-refractivity contribution < 1.29 is 22.7 Å². The third-order valence-corrected chi connectivity index (χ3v) is 6.90. The van der Waals surface area contributed by atoms with Crippen molar-refractivity contribution in [1.29, 1.82) is 0 Å². The zero-order valence-corrected chi connectivity index (χ0v) is 15.6. The first-order valence-electron chi connectivity index (χ1n) is 7.91. The average Bonchev–Trinajstić information content (AvgIpc) is 3.31. The lowest BCUT2D eigenvalue weighted by Crippen LogP contribution is -2.44. The number of halogens is 2. The molecule has 9 heteroatoms. The molecule has 1 atom stereocenters. The van der Waals surface area contributed by atoms with Gasteiger partial charge in [-0.2, -0.15) is 0 Å². The predicted molar refractivity (Wildman–Crippen MR) is 93.7 cm³/mol. The van der Waals surface area contributed by atoms with Gasteiger partial charge in [-0.3, -0.25) is 4.79 Å². The fraction of sp³-hybridized carbons (Fsp3) is 0.500. The number of carbonyl (C=O) groups is 2. The quantitative estimate of drug-likeness (QED) is 0.702. The van der Waals surface area contributed by atoms with E-state index in [1.54, 1.807) is 17.0 Å². The Labute approximate surface area is 155 Å². The molecule has 1 aliphatic heterocycles. The van der Waals surface area contributed by atoms with Crippen molar-refractivity contribution in [3.05, 3.63) is 33.8 Å². The predicted octanol–water partition coefficient (Wildman–Crippen LogP) is 2.33. The summed E-state index contributed by atoms with van der Waals surface area (Å²) in [5.74, 6) is -1.05. The van der Waals surface area contributed by atoms with Crippen molar-refractivity contribution in [3.8, 4) is 0 Å². The molecule has 6 nitrogen and oxygen atoms in total. The first-order valence-corrected chi connectivity index (χ1v) is 10.5. The fourth-order valence-corrected chi connectivity index (χ4v) is 5.08. The van der Waals surface area contributed by atoms with Crippen molar-refractivity contribution in [2.24, 2.45) is 0 Å². The van der Waals surface area contributed by atoms with E-state index < -0.39 is 22.4 Å². The van der Waals surface area contributed by atoms with Crippen LogP contribution in [0.1, 0.15) is 29.6 Å². The summed E-state index contributed by atoms with van der Waals surface area (Å²) >= 11 is 11.8. The Morgan fingerprint density at radius 3 is 2.48 bits per heavy atom. The molecule has 1 aromatic carbocycles. The molecule has 0 aromatic heterocycles. The number of esters is 1. The number of benzene rings is 1. The van der Waals surface area contributed by atoms with Crippen LogP contribution in [0.3, 0.4) is 0 Å². The van der Waals surface area contributed by atoms with Gasteiger partial charge in [0.1, 0.15) is 0 Å². The van der Waals surface area contributed by atoms with Crippen LogP contribution in [0, 0.1) is 0 Å². The Morgan fingerprint density at radius 2 is 1.88 bits per heavy atom. The highest BCUT2D eigenvalue weighted by Crippen LogP contribution is 2.32. The monoisotopic (exact) mass is 405 g/mol. The summed E-state index contributed by atoms with van der Waals surface area (Å²) < 4.78 is 28.4. The normalized spacial score (nSPS) is 21.8. The lowest BCUT2D eigenvalue weighted by Gasteiger charge is -2.28. The van der Waals surface area contributed by atoms with Crippen molar-refractivity contribution in [1.82, 2.24) is 4.90 Å². The summed E-state index contributed by atoms with van der Waals surface area (Å²) in [5, 5.41) is 0.292. The molecule has 1 aromatic rings. The molecule has 2 aliphatic rings. The van der Waals surface area contributed by atoms with Crippen LogP contribution in [0.15, 0.2) is 18.2 Å². The van der Waals surface area contributed by atoms with Crippen LogP contribution in [0.25, 0.3) is 0 Å². The van der Waals surface area contributed by atoms with E-state index in [1.807, 2.05) is 0 Å². The lowest BCUT2D eigenvalue weighted by molar-refractivity contribution is -0.137. The van der Waals surface area contributed by atoms with E-state index in [-0.39, 0.29) is 45.1 Å².